The maximum atomic E-state index is 5.32. The number of aromatic nitrogens is 3. The lowest BCUT2D eigenvalue weighted by molar-refractivity contribution is 0.391. The Hall–Kier alpha value is -2.69. The predicted molar refractivity (Wildman–Crippen MR) is 76.3 cm³/mol. The van der Waals surface area contributed by atoms with Crippen LogP contribution in [0.4, 0.5) is 0 Å². The second-order valence-corrected chi connectivity index (χ2v) is 4.28. The van der Waals surface area contributed by atoms with Gasteiger partial charge in [0, 0.05) is 17.9 Å². The summed E-state index contributed by atoms with van der Waals surface area (Å²) >= 11 is 0. The van der Waals surface area contributed by atoms with Gasteiger partial charge in [0.05, 0.1) is 12.6 Å². The number of aryl methyl sites for hydroxylation is 1. The van der Waals surface area contributed by atoms with E-state index in [0.29, 0.717) is 17.6 Å². The number of hydrogen-bond acceptors (Lipinski definition) is 5. The largest absolute Gasteiger partial charge is 0.481 e. The van der Waals surface area contributed by atoms with E-state index in [1.165, 1.54) is 0 Å². The lowest BCUT2D eigenvalue weighted by Gasteiger charge is -2.05. The summed E-state index contributed by atoms with van der Waals surface area (Å²) in [6, 6.07) is 9.91. The first-order valence-electron chi connectivity index (χ1n) is 6.18. The molecule has 0 aliphatic heterocycles. The number of nitrogens with zero attached hydrogens (tertiary/aromatic N) is 3. The molecule has 3 aromatic rings. The van der Waals surface area contributed by atoms with Crippen LogP contribution in [0.25, 0.3) is 23.1 Å². The van der Waals surface area contributed by atoms with Gasteiger partial charge in [-0.3, -0.25) is 0 Å². The highest BCUT2D eigenvalue weighted by atomic mass is 16.5. The van der Waals surface area contributed by atoms with Gasteiger partial charge in [-0.1, -0.05) is 23.4 Å². The fourth-order valence-electron chi connectivity index (χ4n) is 1.94. The van der Waals surface area contributed by atoms with Crippen LogP contribution in [0.3, 0.4) is 0 Å². The van der Waals surface area contributed by atoms with Crippen LogP contribution in [0.5, 0.6) is 5.88 Å². The highest BCUT2D eigenvalue weighted by Gasteiger charge is 2.05. The van der Waals surface area contributed by atoms with Gasteiger partial charge in [-0.15, -0.1) is 0 Å². The number of ether oxygens (including phenoxy) is 1. The maximum absolute atomic E-state index is 5.32. The van der Waals surface area contributed by atoms with Crippen molar-refractivity contribution in [1.29, 1.82) is 0 Å². The third-order valence-electron chi connectivity index (χ3n) is 2.87. The zero-order valence-electron chi connectivity index (χ0n) is 11.2. The van der Waals surface area contributed by atoms with E-state index >= 15 is 0 Å². The fourth-order valence-corrected chi connectivity index (χ4v) is 1.94. The lowest BCUT2D eigenvalue weighted by atomic mass is 10.1. The second-order valence-electron chi connectivity index (χ2n) is 4.28. The summed E-state index contributed by atoms with van der Waals surface area (Å²) in [6.07, 6.45) is 3.63. The van der Waals surface area contributed by atoms with E-state index in [-0.39, 0.29) is 0 Å². The average molecular weight is 267 g/mol. The van der Waals surface area contributed by atoms with Gasteiger partial charge in [-0.05, 0) is 24.3 Å². The highest BCUT2D eigenvalue weighted by molar-refractivity contribution is 5.84. The summed E-state index contributed by atoms with van der Waals surface area (Å²) in [5.74, 6) is 1.63. The van der Waals surface area contributed by atoms with E-state index in [1.807, 2.05) is 36.4 Å². The molecule has 0 unspecified atom stereocenters. The van der Waals surface area contributed by atoms with Crippen molar-refractivity contribution in [3.05, 3.63) is 47.6 Å². The molecule has 0 saturated carbocycles. The summed E-state index contributed by atoms with van der Waals surface area (Å²) in [5.41, 5.74) is 1.77. The molecule has 0 bridgehead atoms. The van der Waals surface area contributed by atoms with Crippen LogP contribution >= 0.6 is 0 Å². The number of fused-ring (bicyclic) bond motifs is 1. The number of benzene rings is 1. The highest BCUT2D eigenvalue weighted by Crippen LogP contribution is 2.23. The summed E-state index contributed by atoms with van der Waals surface area (Å²) in [6.45, 7) is 1.75. The molecule has 2 aromatic heterocycles. The van der Waals surface area contributed by atoms with Crippen molar-refractivity contribution in [2.24, 2.45) is 0 Å². The van der Waals surface area contributed by atoms with Crippen molar-refractivity contribution < 1.29 is 9.26 Å². The molecule has 0 fully saturated rings. The quantitative estimate of drug-likeness (QED) is 0.729. The molecule has 5 heteroatoms. The first-order chi connectivity index (χ1) is 9.76. The van der Waals surface area contributed by atoms with Gasteiger partial charge >= 0.3 is 0 Å². The molecule has 1 aromatic carbocycles. The number of rotatable bonds is 3. The molecular formula is C15H13N3O2. The molecule has 0 radical (unpaired) electrons. The predicted octanol–water partition coefficient (Wildman–Crippen LogP) is 3.11. The van der Waals surface area contributed by atoms with Crippen LogP contribution in [0.1, 0.15) is 17.3 Å². The topological polar surface area (TPSA) is 61.0 Å². The molecule has 0 saturated heterocycles. The van der Waals surface area contributed by atoms with Crippen LogP contribution in [-0.2, 0) is 0 Å². The number of hydrogen-bond donors (Lipinski definition) is 0. The maximum Gasteiger partial charge on any atom is 0.223 e. The van der Waals surface area contributed by atoms with Gasteiger partial charge in [-0.25, -0.2) is 4.98 Å². The minimum Gasteiger partial charge on any atom is -0.481 e. The standard InChI is InChI=1S/C15H13N3O2/c1-10-16-14(18-20-10)8-7-12-9-11-5-3-4-6-13(11)17-15(12)19-2/h3-9H,1-2H3/b8-7+. The minimum absolute atomic E-state index is 0.526. The Morgan fingerprint density at radius 1 is 1.15 bits per heavy atom. The molecule has 100 valence electrons. The van der Waals surface area contributed by atoms with Crippen molar-refractivity contribution in [2.45, 2.75) is 6.92 Å². The Morgan fingerprint density at radius 3 is 2.75 bits per heavy atom. The third-order valence-corrected chi connectivity index (χ3v) is 2.87. The van der Waals surface area contributed by atoms with Crippen molar-refractivity contribution in [3.8, 4) is 5.88 Å². The van der Waals surface area contributed by atoms with E-state index in [9.17, 15) is 0 Å². The van der Waals surface area contributed by atoms with E-state index < -0.39 is 0 Å². The molecular weight excluding hydrogens is 254 g/mol. The molecule has 20 heavy (non-hydrogen) atoms. The molecule has 0 aliphatic rings. The minimum atomic E-state index is 0.526. The van der Waals surface area contributed by atoms with Crippen molar-refractivity contribution >= 4 is 23.1 Å². The molecule has 5 nitrogen and oxygen atoms in total. The zero-order chi connectivity index (χ0) is 13.9. The van der Waals surface area contributed by atoms with E-state index in [4.69, 9.17) is 9.26 Å². The van der Waals surface area contributed by atoms with Crippen LogP contribution in [0.15, 0.2) is 34.9 Å². The molecule has 0 amide bonds. The summed E-state index contributed by atoms with van der Waals surface area (Å²) in [4.78, 5) is 8.59. The molecule has 0 N–H and O–H groups in total. The van der Waals surface area contributed by atoms with Crippen molar-refractivity contribution in [1.82, 2.24) is 15.1 Å². The lowest BCUT2D eigenvalue weighted by Crippen LogP contribution is -1.92. The number of pyridine rings is 1. The van der Waals surface area contributed by atoms with E-state index in [0.717, 1.165) is 16.5 Å². The Kier molecular flexibility index (Phi) is 3.16. The number of methoxy groups -OCH3 is 1. The van der Waals surface area contributed by atoms with Gasteiger partial charge < -0.3 is 9.26 Å². The molecule has 0 atom stereocenters. The van der Waals surface area contributed by atoms with E-state index in [1.54, 1.807) is 20.1 Å². The zero-order valence-corrected chi connectivity index (χ0v) is 11.2. The summed E-state index contributed by atoms with van der Waals surface area (Å²) < 4.78 is 10.2. The first-order valence-corrected chi connectivity index (χ1v) is 6.18. The van der Waals surface area contributed by atoms with Gasteiger partial charge in [-0.2, -0.15) is 4.98 Å². The van der Waals surface area contributed by atoms with Crippen molar-refractivity contribution in [3.63, 3.8) is 0 Å². The van der Waals surface area contributed by atoms with Crippen LogP contribution in [0.2, 0.25) is 0 Å². The molecule has 0 spiro atoms. The van der Waals surface area contributed by atoms with Crippen molar-refractivity contribution in [2.75, 3.05) is 7.11 Å². The van der Waals surface area contributed by atoms with Crippen LogP contribution < -0.4 is 4.74 Å². The smallest absolute Gasteiger partial charge is 0.223 e. The normalized spacial score (nSPS) is 11.3. The average Bonchev–Trinajstić information content (AvgIpc) is 2.89. The van der Waals surface area contributed by atoms with Gasteiger partial charge in [0.25, 0.3) is 0 Å². The van der Waals surface area contributed by atoms with E-state index in [2.05, 4.69) is 15.1 Å². The first kappa shape index (κ1) is 12.3. The fraction of sp³-hybridized carbons (Fsp3) is 0.133. The Labute approximate surface area is 115 Å². The summed E-state index contributed by atoms with van der Waals surface area (Å²) in [7, 11) is 1.60. The number of para-hydroxylation sites is 1. The summed E-state index contributed by atoms with van der Waals surface area (Å²) in [5, 5.41) is 4.87. The SMILES string of the molecule is COc1nc2ccccc2cc1/C=C/c1noc(C)n1. The third kappa shape index (κ3) is 2.38. The Bertz CT molecular complexity index is 778. The van der Waals surface area contributed by atoms with Gasteiger partial charge in [0.1, 0.15) is 0 Å². The van der Waals surface area contributed by atoms with Gasteiger partial charge in [0.15, 0.2) is 5.82 Å². The Balaban J connectivity index is 2.03. The molecule has 0 aliphatic carbocycles. The van der Waals surface area contributed by atoms with Crippen LogP contribution in [-0.4, -0.2) is 22.2 Å². The van der Waals surface area contributed by atoms with Crippen LogP contribution in [0, 0.1) is 6.92 Å². The molecule has 3 rings (SSSR count). The Morgan fingerprint density at radius 2 is 2.00 bits per heavy atom. The van der Waals surface area contributed by atoms with Gasteiger partial charge in [0.2, 0.25) is 11.8 Å². The molecule has 2 heterocycles. The monoisotopic (exact) mass is 267 g/mol. The second kappa shape index (κ2) is 5.13.